The van der Waals surface area contributed by atoms with Gasteiger partial charge in [-0.25, -0.2) is 4.79 Å². The van der Waals surface area contributed by atoms with Gasteiger partial charge in [0, 0.05) is 5.57 Å². The van der Waals surface area contributed by atoms with Gasteiger partial charge in [-0.1, -0.05) is 37.6 Å². The average molecular weight is 204 g/mol. The van der Waals surface area contributed by atoms with Gasteiger partial charge in [0.05, 0.1) is 0 Å². The molecule has 0 spiro atoms. The quantitative estimate of drug-likeness (QED) is 0.765. The number of carboxylic acid groups (broad SMARTS) is 1. The lowest BCUT2D eigenvalue weighted by atomic mass is 10.1. The summed E-state index contributed by atoms with van der Waals surface area (Å²) in [6.07, 6.45) is 3.88. The second kappa shape index (κ2) is 5.35. The molecule has 1 aromatic rings. The average Bonchev–Trinajstić information content (AvgIpc) is 2.21. The smallest absolute Gasteiger partial charge is 0.331 e. The topological polar surface area (TPSA) is 37.3 Å². The minimum absolute atomic E-state index is 0.359. The Kier molecular flexibility index (Phi) is 4.10. The van der Waals surface area contributed by atoms with E-state index in [-0.39, 0.29) is 0 Å². The van der Waals surface area contributed by atoms with Crippen molar-refractivity contribution in [1.82, 2.24) is 0 Å². The maximum Gasteiger partial charge on any atom is 0.331 e. The maximum atomic E-state index is 10.6. The SMILES string of the molecule is CCCc1ccc(/C=C(\C)C(=O)O)cc1. The van der Waals surface area contributed by atoms with Gasteiger partial charge >= 0.3 is 5.97 Å². The van der Waals surface area contributed by atoms with Crippen molar-refractivity contribution in [3.05, 3.63) is 41.0 Å². The number of hydrogen-bond donors (Lipinski definition) is 1. The molecular weight excluding hydrogens is 188 g/mol. The van der Waals surface area contributed by atoms with E-state index in [4.69, 9.17) is 5.11 Å². The normalized spacial score (nSPS) is 11.5. The number of rotatable bonds is 4. The van der Waals surface area contributed by atoms with Crippen LogP contribution in [0.2, 0.25) is 0 Å². The van der Waals surface area contributed by atoms with Crippen molar-refractivity contribution in [2.75, 3.05) is 0 Å². The lowest BCUT2D eigenvalue weighted by molar-refractivity contribution is -0.132. The van der Waals surface area contributed by atoms with Crippen LogP contribution in [0.1, 0.15) is 31.4 Å². The lowest BCUT2D eigenvalue weighted by Crippen LogP contribution is -1.95. The highest BCUT2D eigenvalue weighted by molar-refractivity contribution is 5.91. The summed E-state index contributed by atoms with van der Waals surface area (Å²) in [6, 6.07) is 8.00. The van der Waals surface area contributed by atoms with Gasteiger partial charge in [0.1, 0.15) is 0 Å². The van der Waals surface area contributed by atoms with E-state index in [1.165, 1.54) is 5.56 Å². The van der Waals surface area contributed by atoms with Crippen molar-refractivity contribution in [3.8, 4) is 0 Å². The van der Waals surface area contributed by atoms with E-state index in [0.717, 1.165) is 18.4 Å². The van der Waals surface area contributed by atoms with Gasteiger partial charge in [0.15, 0.2) is 0 Å². The van der Waals surface area contributed by atoms with E-state index < -0.39 is 5.97 Å². The van der Waals surface area contributed by atoms with Crippen LogP contribution in [-0.4, -0.2) is 11.1 Å². The van der Waals surface area contributed by atoms with Gasteiger partial charge in [-0.05, 0) is 30.5 Å². The number of aryl methyl sites for hydroxylation is 1. The first-order chi connectivity index (χ1) is 7.13. The zero-order chi connectivity index (χ0) is 11.3. The second-order valence-corrected chi connectivity index (χ2v) is 3.62. The Morgan fingerprint density at radius 1 is 1.33 bits per heavy atom. The summed E-state index contributed by atoms with van der Waals surface area (Å²) in [5, 5.41) is 8.71. The van der Waals surface area contributed by atoms with E-state index in [1.807, 2.05) is 24.3 Å². The van der Waals surface area contributed by atoms with Crippen LogP contribution in [0.5, 0.6) is 0 Å². The fourth-order valence-corrected chi connectivity index (χ4v) is 1.38. The zero-order valence-corrected chi connectivity index (χ0v) is 9.16. The molecule has 0 aromatic heterocycles. The van der Waals surface area contributed by atoms with Crippen molar-refractivity contribution < 1.29 is 9.90 Å². The summed E-state index contributed by atoms with van der Waals surface area (Å²) in [5.74, 6) is -0.868. The van der Waals surface area contributed by atoms with Crippen LogP contribution in [0, 0.1) is 0 Å². The second-order valence-electron chi connectivity index (χ2n) is 3.62. The number of aliphatic carboxylic acids is 1. The third kappa shape index (κ3) is 3.58. The summed E-state index contributed by atoms with van der Waals surface area (Å²) in [7, 11) is 0. The van der Waals surface area contributed by atoms with E-state index in [0.29, 0.717) is 5.57 Å². The molecule has 2 nitrogen and oxygen atoms in total. The molecule has 0 aliphatic carbocycles. The molecular formula is C13H16O2. The highest BCUT2D eigenvalue weighted by Crippen LogP contribution is 2.10. The molecule has 80 valence electrons. The minimum Gasteiger partial charge on any atom is -0.478 e. The molecule has 0 aliphatic heterocycles. The predicted molar refractivity (Wildman–Crippen MR) is 61.7 cm³/mol. The molecule has 15 heavy (non-hydrogen) atoms. The number of carboxylic acids is 1. The van der Waals surface area contributed by atoms with Gasteiger partial charge in [0.2, 0.25) is 0 Å². The Morgan fingerprint density at radius 2 is 1.93 bits per heavy atom. The predicted octanol–water partition coefficient (Wildman–Crippen LogP) is 3.13. The Morgan fingerprint density at radius 3 is 2.40 bits per heavy atom. The summed E-state index contributed by atoms with van der Waals surface area (Å²) in [4.78, 5) is 10.6. The Balaban J connectivity index is 2.80. The summed E-state index contributed by atoms with van der Waals surface area (Å²) in [5.41, 5.74) is 2.59. The first-order valence-corrected chi connectivity index (χ1v) is 5.14. The number of carbonyl (C=O) groups is 1. The van der Waals surface area contributed by atoms with Crippen LogP contribution in [0.25, 0.3) is 6.08 Å². The molecule has 0 bridgehead atoms. The van der Waals surface area contributed by atoms with Crippen molar-refractivity contribution in [3.63, 3.8) is 0 Å². The first-order valence-electron chi connectivity index (χ1n) is 5.14. The van der Waals surface area contributed by atoms with Gasteiger partial charge in [-0.15, -0.1) is 0 Å². The summed E-state index contributed by atoms with van der Waals surface area (Å²) < 4.78 is 0. The van der Waals surface area contributed by atoms with Crippen LogP contribution >= 0.6 is 0 Å². The molecule has 1 rings (SSSR count). The van der Waals surface area contributed by atoms with Gasteiger partial charge in [-0.2, -0.15) is 0 Å². The first kappa shape index (κ1) is 11.5. The summed E-state index contributed by atoms with van der Waals surface area (Å²) >= 11 is 0. The van der Waals surface area contributed by atoms with Crippen LogP contribution < -0.4 is 0 Å². The van der Waals surface area contributed by atoms with Crippen molar-refractivity contribution >= 4 is 12.0 Å². The standard InChI is InChI=1S/C13H16O2/c1-3-4-11-5-7-12(8-6-11)9-10(2)13(14)15/h5-9H,3-4H2,1-2H3,(H,14,15)/b10-9+. The minimum atomic E-state index is -0.868. The maximum absolute atomic E-state index is 10.6. The Labute approximate surface area is 90.3 Å². The van der Waals surface area contributed by atoms with E-state index in [1.54, 1.807) is 13.0 Å². The third-order valence-corrected chi connectivity index (χ3v) is 2.24. The fraction of sp³-hybridized carbons (Fsp3) is 0.308. The number of benzene rings is 1. The molecule has 0 amide bonds. The molecule has 2 heteroatoms. The molecule has 0 saturated carbocycles. The van der Waals surface area contributed by atoms with E-state index >= 15 is 0 Å². The van der Waals surface area contributed by atoms with Gasteiger partial charge in [-0.3, -0.25) is 0 Å². The lowest BCUT2D eigenvalue weighted by Gasteiger charge is -2.00. The molecule has 0 heterocycles. The molecule has 0 fully saturated rings. The molecule has 1 aromatic carbocycles. The van der Waals surface area contributed by atoms with Gasteiger partial charge < -0.3 is 5.11 Å². The molecule has 0 aliphatic rings. The third-order valence-electron chi connectivity index (χ3n) is 2.24. The molecule has 0 radical (unpaired) electrons. The van der Waals surface area contributed by atoms with Gasteiger partial charge in [0.25, 0.3) is 0 Å². The largest absolute Gasteiger partial charge is 0.478 e. The fourth-order valence-electron chi connectivity index (χ4n) is 1.38. The molecule has 0 atom stereocenters. The molecule has 0 unspecified atom stereocenters. The van der Waals surface area contributed by atoms with Crippen molar-refractivity contribution in [2.45, 2.75) is 26.7 Å². The van der Waals surface area contributed by atoms with E-state index in [9.17, 15) is 4.79 Å². The van der Waals surface area contributed by atoms with Crippen molar-refractivity contribution in [2.24, 2.45) is 0 Å². The Bertz CT molecular complexity index is 361. The van der Waals surface area contributed by atoms with Crippen LogP contribution in [-0.2, 0) is 11.2 Å². The highest BCUT2D eigenvalue weighted by Gasteiger charge is 1.99. The monoisotopic (exact) mass is 204 g/mol. The van der Waals surface area contributed by atoms with E-state index in [2.05, 4.69) is 6.92 Å². The Hall–Kier alpha value is -1.57. The van der Waals surface area contributed by atoms with Crippen LogP contribution in [0.3, 0.4) is 0 Å². The summed E-state index contributed by atoms with van der Waals surface area (Å²) in [6.45, 7) is 3.74. The highest BCUT2D eigenvalue weighted by atomic mass is 16.4. The number of hydrogen-bond acceptors (Lipinski definition) is 1. The molecule has 0 saturated heterocycles. The molecule has 1 N–H and O–H groups in total. The zero-order valence-electron chi connectivity index (χ0n) is 9.16. The van der Waals surface area contributed by atoms with Crippen LogP contribution in [0.4, 0.5) is 0 Å². The van der Waals surface area contributed by atoms with Crippen LogP contribution in [0.15, 0.2) is 29.8 Å². The van der Waals surface area contributed by atoms with Crippen molar-refractivity contribution in [1.29, 1.82) is 0 Å².